The highest BCUT2D eigenvalue weighted by atomic mass is 16.5. The maximum Gasteiger partial charge on any atom is 0.272 e. The molecule has 31 heavy (non-hydrogen) atoms. The Bertz CT molecular complexity index is 1030. The number of nitrogens with one attached hydrogen (secondary N) is 1. The third kappa shape index (κ3) is 4.88. The molecule has 3 aromatic heterocycles. The summed E-state index contributed by atoms with van der Waals surface area (Å²) < 4.78 is 16.5. The van der Waals surface area contributed by atoms with Crippen molar-refractivity contribution >= 4 is 5.91 Å². The average molecular weight is 423 g/mol. The van der Waals surface area contributed by atoms with Crippen LogP contribution in [0.5, 0.6) is 5.88 Å². The predicted molar refractivity (Wildman–Crippen MR) is 111 cm³/mol. The second kappa shape index (κ2) is 9.22. The number of aryl methyl sites for hydroxylation is 2. The highest BCUT2D eigenvalue weighted by Crippen LogP contribution is 2.26. The van der Waals surface area contributed by atoms with E-state index in [1.54, 1.807) is 18.3 Å². The Morgan fingerprint density at radius 2 is 2.10 bits per heavy atom. The van der Waals surface area contributed by atoms with E-state index in [0.29, 0.717) is 30.5 Å². The number of pyridine rings is 1. The van der Waals surface area contributed by atoms with Crippen molar-refractivity contribution in [2.24, 2.45) is 5.92 Å². The molecule has 4 heterocycles. The van der Waals surface area contributed by atoms with E-state index in [9.17, 15) is 4.79 Å². The molecule has 162 valence electrons. The van der Waals surface area contributed by atoms with Crippen LogP contribution in [0.2, 0.25) is 0 Å². The first-order chi connectivity index (χ1) is 15.0. The number of carbonyl (C=O) groups is 1. The molecule has 3 aromatic rings. The smallest absolute Gasteiger partial charge is 0.272 e. The molecule has 0 aliphatic carbocycles. The van der Waals surface area contributed by atoms with Gasteiger partial charge < -0.3 is 19.3 Å². The molecule has 0 aromatic carbocycles. The number of ether oxygens (including phenoxy) is 2. The molecular weight excluding hydrogens is 398 g/mol. The second-order valence-electron chi connectivity index (χ2n) is 7.72. The van der Waals surface area contributed by atoms with Crippen molar-refractivity contribution in [3.8, 4) is 17.1 Å². The van der Waals surface area contributed by atoms with Gasteiger partial charge in [-0.1, -0.05) is 12.1 Å². The zero-order valence-electron chi connectivity index (χ0n) is 17.8. The summed E-state index contributed by atoms with van der Waals surface area (Å²) in [7, 11) is 0. The van der Waals surface area contributed by atoms with Crippen molar-refractivity contribution in [3.05, 3.63) is 53.2 Å². The SMILES string of the molecule is Cc1ccc(-c2noc(C)c2COc2ccc(C(=O)N[C@@H]3CCOC[C@@H]3C)nn2)cn1. The normalized spacial score (nSPS) is 18.5. The lowest BCUT2D eigenvalue weighted by atomic mass is 9.98. The van der Waals surface area contributed by atoms with E-state index in [0.717, 1.165) is 23.2 Å². The van der Waals surface area contributed by atoms with E-state index < -0.39 is 0 Å². The van der Waals surface area contributed by atoms with E-state index in [4.69, 9.17) is 14.0 Å². The van der Waals surface area contributed by atoms with Crippen LogP contribution in [-0.2, 0) is 11.3 Å². The van der Waals surface area contributed by atoms with Crippen molar-refractivity contribution in [2.45, 2.75) is 39.8 Å². The van der Waals surface area contributed by atoms with Crippen LogP contribution >= 0.6 is 0 Å². The van der Waals surface area contributed by atoms with Gasteiger partial charge in [0.1, 0.15) is 18.1 Å². The molecule has 1 aliphatic heterocycles. The molecule has 1 fully saturated rings. The maximum absolute atomic E-state index is 12.5. The van der Waals surface area contributed by atoms with Gasteiger partial charge in [0.05, 0.1) is 12.2 Å². The number of hydrogen-bond acceptors (Lipinski definition) is 8. The van der Waals surface area contributed by atoms with Crippen LogP contribution < -0.4 is 10.1 Å². The van der Waals surface area contributed by atoms with Crippen molar-refractivity contribution in [1.29, 1.82) is 0 Å². The van der Waals surface area contributed by atoms with Crippen LogP contribution in [-0.4, -0.2) is 45.5 Å². The quantitative estimate of drug-likeness (QED) is 0.644. The van der Waals surface area contributed by atoms with Crippen LogP contribution in [0.25, 0.3) is 11.3 Å². The van der Waals surface area contributed by atoms with Gasteiger partial charge >= 0.3 is 0 Å². The number of carbonyl (C=O) groups excluding carboxylic acids is 1. The van der Waals surface area contributed by atoms with Crippen LogP contribution in [0.3, 0.4) is 0 Å². The number of hydrogen-bond donors (Lipinski definition) is 1. The highest BCUT2D eigenvalue weighted by Gasteiger charge is 2.24. The first-order valence-corrected chi connectivity index (χ1v) is 10.2. The molecule has 0 radical (unpaired) electrons. The summed E-state index contributed by atoms with van der Waals surface area (Å²) in [4.78, 5) is 16.8. The highest BCUT2D eigenvalue weighted by molar-refractivity contribution is 5.92. The van der Waals surface area contributed by atoms with Gasteiger partial charge in [0, 0.05) is 36.2 Å². The van der Waals surface area contributed by atoms with Gasteiger partial charge in [-0.2, -0.15) is 0 Å². The largest absolute Gasteiger partial charge is 0.472 e. The third-order valence-corrected chi connectivity index (χ3v) is 5.36. The Labute approximate surface area is 180 Å². The standard InChI is InChI=1S/C22H25N5O4/c1-13-11-29-9-8-18(13)24-22(28)19-6-7-20(26-25-19)30-12-17-15(3)31-27-21(17)16-5-4-14(2)23-10-16/h4-7,10,13,18H,8-9,11-12H2,1-3H3,(H,24,28)/t13-,18+/m0/s1. The monoisotopic (exact) mass is 423 g/mol. The van der Waals surface area contributed by atoms with Gasteiger partial charge in [-0.05, 0) is 44.4 Å². The molecule has 1 N–H and O–H groups in total. The first-order valence-electron chi connectivity index (χ1n) is 10.2. The van der Waals surface area contributed by atoms with E-state index in [1.165, 1.54) is 0 Å². The second-order valence-corrected chi connectivity index (χ2v) is 7.72. The molecule has 1 amide bonds. The summed E-state index contributed by atoms with van der Waals surface area (Å²) in [6.45, 7) is 7.31. The minimum Gasteiger partial charge on any atom is -0.472 e. The predicted octanol–water partition coefficient (Wildman–Crippen LogP) is 2.88. The molecule has 2 atom stereocenters. The van der Waals surface area contributed by atoms with Crippen molar-refractivity contribution < 1.29 is 18.8 Å². The minimum absolute atomic E-state index is 0.0743. The Morgan fingerprint density at radius 1 is 1.23 bits per heavy atom. The first kappa shape index (κ1) is 20.9. The summed E-state index contributed by atoms with van der Waals surface area (Å²) >= 11 is 0. The fourth-order valence-corrected chi connectivity index (χ4v) is 3.40. The molecule has 4 rings (SSSR count). The zero-order valence-corrected chi connectivity index (χ0v) is 17.8. The maximum atomic E-state index is 12.5. The van der Waals surface area contributed by atoms with Crippen molar-refractivity contribution in [3.63, 3.8) is 0 Å². The van der Waals surface area contributed by atoms with Crippen molar-refractivity contribution in [2.75, 3.05) is 13.2 Å². The van der Waals surface area contributed by atoms with Gasteiger partial charge in [-0.15, -0.1) is 10.2 Å². The third-order valence-electron chi connectivity index (χ3n) is 5.36. The van der Waals surface area contributed by atoms with E-state index in [-0.39, 0.29) is 30.2 Å². The average Bonchev–Trinajstić information content (AvgIpc) is 3.15. The van der Waals surface area contributed by atoms with E-state index >= 15 is 0 Å². The molecule has 0 unspecified atom stereocenters. The van der Waals surface area contributed by atoms with Crippen molar-refractivity contribution in [1.82, 2.24) is 25.7 Å². The zero-order chi connectivity index (χ0) is 21.8. The van der Waals surface area contributed by atoms with E-state index in [1.807, 2.05) is 26.0 Å². The lowest BCUT2D eigenvalue weighted by Gasteiger charge is -2.29. The lowest BCUT2D eigenvalue weighted by Crippen LogP contribution is -2.44. The molecule has 0 saturated carbocycles. The Balaban J connectivity index is 1.39. The van der Waals surface area contributed by atoms with Crippen LogP contribution in [0.1, 0.15) is 40.9 Å². The van der Waals surface area contributed by atoms with Crippen LogP contribution in [0, 0.1) is 19.8 Å². The van der Waals surface area contributed by atoms with Crippen LogP contribution in [0.4, 0.5) is 0 Å². The van der Waals surface area contributed by atoms with E-state index in [2.05, 4.69) is 32.6 Å². The summed E-state index contributed by atoms with van der Waals surface area (Å²) in [5, 5.41) is 15.2. The van der Waals surface area contributed by atoms with Gasteiger partial charge in [0.2, 0.25) is 5.88 Å². The molecule has 9 nitrogen and oxygen atoms in total. The van der Waals surface area contributed by atoms with Gasteiger partial charge in [-0.25, -0.2) is 0 Å². The lowest BCUT2D eigenvalue weighted by molar-refractivity contribution is 0.0374. The minimum atomic E-state index is -0.248. The Hall–Kier alpha value is -3.33. The fraction of sp³-hybridized carbons (Fsp3) is 0.409. The number of amides is 1. The number of nitrogens with zero attached hydrogens (tertiary/aromatic N) is 4. The topological polar surface area (TPSA) is 112 Å². The van der Waals surface area contributed by atoms with Gasteiger partial charge in [0.15, 0.2) is 5.69 Å². The molecular formula is C22H25N5O4. The van der Waals surface area contributed by atoms with Crippen LogP contribution in [0.15, 0.2) is 35.0 Å². The summed E-state index contributed by atoms with van der Waals surface area (Å²) in [5.74, 6) is 0.981. The van der Waals surface area contributed by atoms with Gasteiger partial charge in [0.25, 0.3) is 5.91 Å². The molecule has 1 aliphatic rings. The Kier molecular flexibility index (Phi) is 6.22. The molecule has 0 spiro atoms. The van der Waals surface area contributed by atoms with Gasteiger partial charge in [-0.3, -0.25) is 9.78 Å². The molecule has 0 bridgehead atoms. The summed E-state index contributed by atoms with van der Waals surface area (Å²) in [6.07, 6.45) is 2.54. The molecule has 1 saturated heterocycles. The number of rotatable bonds is 6. The fourth-order valence-electron chi connectivity index (χ4n) is 3.40. The summed E-state index contributed by atoms with van der Waals surface area (Å²) in [5.41, 5.74) is 3.51. The summed E-state index contributed by atoms with van der Waals surface area (Å²) in [6, 6.07) is 7.17. The molecule has 9 heteroatoms. The number of aromatic nitrogens is 4. The Morgan fingerprint density at radius 3 is 2.81 bits per heavy atom.